The highest BCUT2D eigenvalue weighted by molar-refractivity contribution is 7.88. The van der Waals surface area contributed by atoms with E-state index < -0.39 is 20.0 Å². The van der Waals surface area contributed by atoms with Gasteiger partial charge in [-0.1, -0.05) is 0 Å². The Labute approximate surface area is 133 Å². The molecule has 2 aliphatic heterocycles. The molecule has 2 aliphatic rings. The number of hydrogen-bond acceptors (Lipinski definition) is 5. The third-order valence-corrected chi connectivity index (χ3v) is 6.65. The number of piperidine rings is 1. The fourth-order valence-corrected chi connectivity index (χ4v) is 4.73. The molecule has 0 bridgehead atoms. The van der Waals surface area contributed by atoms with E-state index in [1.807, 2.05) is 0 Å². The number of rotatable bonds is 5. The predicted octanol–water partition coefficient (Wildman–Crippen LogP) is 0.147. The van der Waals surface area contributed by atoms with E-state index in [0.717, 1.165) is 32.1 Å². The van der Waals surface area contributed by atoms with E-state index in [4.69, 9.17) is 4.74 Å². The lowest BCUT2D eigenvalue weighted by atomic mass is 9.79. The number of hydrogen-bond donors (Lipinski definition) is 1. The van der Waals surface area contributed by atoms with Crippen LogP contribution in [0, 0.1) is 5.92 Å². The molecule has 0 saturated carbocycles. The molecule has 0 aromatic carbocycles. The quantitative estimate of drug-likeness (QED) is 0.758. The summed E-state index contributed by atoms with van der Waals surface area (Å²) in [6, 6.07) is 0. The molecule has 7 nitrogen and oxygen atoms in total. The summed E-state index contributed by atoms with van der Waals surface area (Å²) in [7, 11) is -6.26. The summed E-state index contributed by atoms with van der Waals surface area (Å²) in [4.78, 5) is 0. The monoisotopic (exact) mass is 354 g/mol. The molecular weight excluding hydrogens is 328 g/mol. The van der Waals surface area contributed by atoms with Crippen LogP contribution >= 0.6 is 0 Å². The van der Waals surface area contributed by atoms with Crippen molar-refractivity contribution in [3.05, 3.63) is 0 Å². The first-order valence-corrected chi connectivity index (χ1v) is 11.4. The van der Waals surface area contributed by atoms with Crippen LogP contribution in [0.25, 0.3) is 0 Å². The maximum Gasteiger partial charge on any atom is 0.211 e. The molecule has 0 amide bonds. The molecular formula is C13H26N2O5S2. The van der Waals surface area contributed by atoms with Gasteiger partial charge in [0.25, 0.3) is 0 Å². The summed E-state index contributed by atoms with van der Waals surface area (Å²) < 4.78 is 55.4. The largest absolute Gasteiger partial charge is 0.375 e. The van der Waals surface area contributed by atoms with Crippen molar-refractivity contribution >= 4 is 20.0 Å². The van der Waals surface area contributed by atoms with E-state index in [2.05, 4.69) is 4.72 Å². The molecule has 1 atom stereocenters. The van der Waals surface area contributed by atoms with Gasteiger partial charge in [-0.3, -0.25) is 0 Å². The van der Waals surface area contributed by atoms with Crippen LogP contribution in [0.1, 0.15) is 32.1 Å². The van der Waals surface area contributed by atoms with E-state index in [0.29, 0.717) is 32.2 Å². The molecule has 1 spiro atoms. The molecule has 1 N–H and O–H groups in total. The standard InChI is InChI=1S/C13H26N2O5S2/c1-21(16,17)14-7-3-12-4-10-20-13(11-12)5-8-15(9-6-13)22(2,18)19/h12,14H,3-11H2,1-2H3. The second kappa shape index (κ2) is 6.72. The lowest BCUT2D eigenvalue weighted by Crippen LogP contribution is -2.50. The highest BCUT2D eigenvalue weighted by Crippen LogP contribution is 2.39. The summed E-state index contributed by atoms with van der Waals surface area (Å²) in [6.07, 6.45) is 6.46. The maximum atomic E-state index is 11.6. The smallest absolute Gasteiger partial charge is 0.211 e. The van der Waals surface area contributed by atoms with Gasteiger partial charge in [0.05, 0.1) is 18.1 Å². The van der Waals surface area contributed by atoms with E-state index in [1.54, 1.807) is 0 Å². The van der Waals surface area contributed by atoms with Gasteiger partial charge in [-0.15, -0.1) is 0 Å². The molecule has 2 fully saturated rings. The number of ether oxygens (including phenoxy) is 1. The van der Waals surface area contributed by atoms with Gasteiger partial charge in [-0.05, 0) is 38.0 Å². The molecule has 0 aromatic rings. The minimum absolute atomic E-state index is 0.227. The highest BCUT2D eigenvalue weighted by atomic mass is 32.2. The topological polar surface area (TPSA) is 92.8 Å². The molecule has 0 aromatic heterocycles. The SMILES string of the molecule is CS(=O)(=O)NCCC1CCOC2(CCN(S(C)(=O)=O)CC2)C1. The van der Waals surface area contributed by atoms with Gasteiger partial charge in [0.1, 0.15) is 0 Å². The Morgan fingerprint density at radius 3 is 2.36 bits per heavy atom. The first kappa shape index (κ1) is 18.1. The van der Waals surface area contributed by atoms with E-state index in [1.165, 1.54) is 16.8 Å². The molecule has 1 unspecified atom stereocenters. The lowest BCUT2D eigenvalue weighted by molar-refractivity contribution is -0.121. The fourth-order valence-electron chi connectivity index (χ4n) is 3.40. The second-order valence-electron chi connectivity index (χ2n) is 6.51. The van der Waals surface area contributed by atoms with Crippen molar-refractivity contribution in [2.75, 3.05) is 38.8 Å². The number of nitrogens with one attached hydrogen (secondary N) is 1. The third-order valence-electron chi connectivity index (χ3n) is 4.61. The summed E-state index contributed by atoms with van der Waals surface area (Å²) >= 11 is 0. The summed E-state index contributed by atoms with van der Waals surface area (Å²) in [5.74, 6) is 0.424. The summed E-state index contributed by atoms with van der Waals surface area (Å²) in [6.45, 7) is 2.14. The van der Waals surface area contributed by atoms with Gasteiger partial charge in [0, 0.05) is 26.2 Å². The second-order valence-corrected chi connectivity index (χ2v) is 10.3. The van der Waals surface area contributed by atoms with E-state index in [9.17, 15) is 16.8 Å². The zero-order valence-electron chi connectivity index (χ0n) is 13.2. The molecule has 130 valence electrons. The minimum atomic E-state index is -3.14. The molecule has 2 heterocycles. The van der Waals surface area contributed by atoms with Crippen LogP contribution in [0.15, 0.2) is 0 Å². The van der Waals surface area contributed by atoms with Crippen molar-refractivity contribution in [1.29, 1.82) is 0 Å². The zero-order valence-corrected chi connectivity index (χ0v) is 14.9. The van der Waals surface area contributed by atoms with Crippen molar-refractivity contribution in [1.82, 2.24) is 9.03 Å². The first-order valence-electron chi connectivity index (χ1n) is 7.63. The third kappa shape index (κ3) is 5.16. The molecule has 0 radical (unpaired) electrons. The van der Waals surface area contributed by atoms with Crippen molar-refractivity contribution in [2.45, 2.75) is 37.7 Å². The van der Waals surface area contributed by atoms with Crippen LogP contribution in [-0.4, -0.2) is 65.5 Å². The Morgan fingerprint density at radius 1 is 1.18 bits per heavy atom. The maximum absolute atomic E-state index is 11.6. The average molecular weight is 354 g/mol. The van der Waals surface area contributed by atoms with Crippen LogP contribution in [-0.2, 0) is 24.8 Å². The summed E-state index contributed by atoms with van der Waals surface area (Å²) in [5, 5.41) is 0. The van der Waals surface area contributed by atoms with Crippen LogP contribution in [0.3, 0.4) is 0 Å². The van der Waals surface area contributed by atoms with Gasteiger partial charge < -0.3 is 4.74 Å². The van der Waals surface area contributed by atoms with Crippen LogP contribution in [0.4, 0.5) is 0 Å². The lowest BCUT2D eigenvalue weighted by Gasteiger charge is -2.45. The average Bonchev–Trinajstić information content (AvgIpc) is 2.37. The van der Waals surface area contributed by atoms with Crippen LogP contribution in [0.5, 0.6) is 0 Å². The van der Waals surface area contributed by atoms with E-state index >= 15 is 0 Å². The van der Waals surface area contributed by atoms with Crippen LogP contribution in [0.2, 0.25) is 0 Å². The molecule has 2 saturated heterocycles. The van der Waals surface area contributed by atoms with Crippen molar-refractivity contribution in [2.24, 2.45) is 5.92 Å². The Kier molecular flexibility index (Phi) is 5.54. The van der Waals surface area contributed by atoms with Gasteiger partial charge in [-0.2, -0.15) is 0 Å². The van der Waals surface area contributed by atoms with Crippen molar-refractivity contribution in [3.8, 4) is 0 Å². The zero-order chi connectivity index (χ0) is 16.4. The first-order chi connectivity index (χ1) is 10.1. The van der Waals surface area contributed by atoms with Crippen LogP contribution < -0.4 is 4.72 Å². The number of sulfonamides is 2. The van der Waals surface area contributed by atoms with Crippen molar-refractivity contribution in [3.63, 3.8) is 0 Å². The van der Waals surface area contributed by atoms with E-state index in [-0.39, 0.29) is 5.60 Å². The predicted molar refractivity (Wildman–Crippen MR) is 84.5 cm³/mol. The minimum Gasteiger partial charge on any atom is -0.375 e. The summed E-state index contributed by atoms with van der Waals surface area (Å²) in [5.41, 5.74) is -0.227. The Balaban J connectivity index is 1.86. The normalized spacial score (nSPS) is 27.1. The van der Waals surface area contributed by atoms with Gasteiger partial charge in [-0.25, -0.2) is 25.9 Å². The number of nitrogens with zero attached hydrogens (tertiary/aromatic N) is 1. The highest BCUT2D eigenvalue weighted by Gasteiger charge is 2.41. The fraction of sp³-hybridized carbons (Fsp3) is 1.00. The Bertz CT molecular complexity index is 580. The Morgan fingerprint density at radius 2 is 1.82 bits per heavy atom. The molecule has 9 heteroatoms. The van der Waals surface area contributed by atoms with Crippen molar-refractivity contribution < 1.29 is 21.6 Å². The van der Waals surface area contributed by atoms with Gasteiger partial charge in [0.15, 0.2) is 0 Å². The molecule has 22 heavy (non-hydrogen) atoms. The van der Waals surface area contributed by atoms with Gasteiger partial charge >= 0.3 is 0 Å². The molecule has 2 rings (SSSR count). The Hall–Kier alpha value is -0.220. The molecule has 0 aliphatic carbocycles. The van der Waals surface area contributed by atoms with Gasteiger partial charge in [0.2, 0.25) is 20.0 Å².